The Kier molecular flexibility index (Phi) is 5.53. The lowest BCUT2D eigenvalue weighted by atomic mass is 9.97. The van der Waals surface area contributed by atoms with Crippen LogP contribution in [0.3, 0.4) is 0 Å². The molecule has 0 saturated carbocycles. The van der Waals surface area contributed by atoms with Crippen LogP contribution in [0.1, 0.15) is 38.1 Å². The summed E-state index contributed by atoms with van der Waals surface area (Å²) in [7, 11) is 2.74. The molecule has 0 bridgehead atoms. The van der Waals surface area contributed by atoms with Crippen molar-refractivity contribution >= 4 is 40.1 Å². The van der Waals surface area contributed by atoms with Crippen molar-refractivity contribution in [2.75, 3.05) is 19.1 Å². The Bertz CT molecular complexity index is 1560. The Morgan fingerprint density at radius 2 is 1.77 bits per heavy atom. The average Bonchev–Trinajstić information content (AvgIpc) is 3.16. The van der Waals surface area contributed by atoms with E-state index in [1.165, 1.54) is 37.3 Å². The number of hydrogen-bond donors (Lipinski definition) is 0. The third-order valence-corrected chi connectivity index (χ3v) is 6.19. The standard InChI is InChI=1S/C26H17ClFNO6/c1-33-20-10-8-16(12-18(20)27)29-22(13-3-5-14(6-4-13)26(32)34-2)21-23(30)17-11-15(28)7-9-19(17)35-24(21)25(29)31/h3-12,22H,1-2H3. The molecule has 5 rings (SSSR count). The first-order chi connectivity index (χ1) is 16.8. The van der Waals surface area contributed by atoms with Crippen LogP contribution in [0, 0.1) is 5.82 Å². The molecule has 3 aromatic carbocycles. The molecule has 4 aromatic rings. The van der Waals surface area contributed by atoms with Gasteiger partial charge >= 0.3 is 5.97 Å². The van der Waals surface area contributed by atoms with E-state index in [1.54, 1.807) is 30.3 Å². The van der Waals surface area contributed by atoms with Crippen LogP contribution in [-0.4, -0.2) is 26.1 Å². The minimum absolute atomic E-state index is 0.0161. The Labute approximate surface area is 203 Å². The smallest absolute Gasteiger partial charge is 0.337 e. The van der Waals surface area contributed by atoms with Crippen LogP contribution in [0.25, 0.3) is 11.0 Å². The third kappa shape index (κ3) is 3.63. The Morgan fingerprint density at radius 1 is 1.03 bits per heavy atom. The summed E-state index contributed by atoms with van der Waals surface area (Å²) in [4.78, 5) is 40.4. The van der Waals surface area contributed by atoms with Crippen molar-refractivity contribution in [3.8, 4) is 5.75 Å². The van der Waals surface area contributed by atoms with Gasteiger partial charge in [-0.25, -0.2) is 9.18 Å². The summed E-state index contributed by atoms with van der Waals surface area (Å²) in [5.74, 6) is -1.44. The number of carbonyl (C=O) groups is 2. The van der Waals surface area contributed by atoms with Gasteiger partial charge < -0.3 is 13.9 Å². The summed E-state index contributed by atoms with van der Waals surface area (Å²) in [6.07, 6.45) is 0. The van der Waals surface area contributed by atoms with Crippen LogP contribution in [0.2, 0.25) is 5.02 Å². The van der Waals surface area contributed by atoms with Crippen LogP contribution in [0.4, 0.5) is 10.1 Å². The number of nitrogens with zero attached hydrogens (tertiary/aromatic N) is 1. The molecule has 9 heteroatoms. The van der Waals surface area contributed by atoms with Crippen LogP contribution >= 0.6 is 11.6 Å². The van der Waals surface area contributed by atoms with E-state index >= 15 is 0 Å². The van der Waals surface area contributed by atoms with Gasteiger partial charge in [0.1, 0.15) is 17.1 Å². The van der Waals surface area contributed by atoms with Gasteiger partial charge in [0.05, 0.1) is 41.8 Å². The second kappa shape index (κ2) is 8.56. The molecule has 1 aliphatic rings. The zero-order valence-corrected chi connectivity index (χ0v) is 19.3. The van der Waals surface area contributed by atoms with Crippen molar-refractivity contribution in [3.63, 3.8) is 0 Å². The molecule has 1 atom stereocenters. The van der Waals surface area contributed by atoms with E-state index in [9.17, 15) is 18.8 Å². The maximum Gasteiger partial charge on any atom is 0.337 e. The van der Waals surface area contributed by atoms with Gasteiger partial charge in [0, 0.05) is 5.69 Å². The van der Waals surface area contributed by atoms with Gasteiger partial charge in [-0.05, 0) is 54.1 Å². The minimum atomic E-state index is -0.919. The molecular formula is C26H17ClFNO6. The number of ether oxygens (including phenoxy) is 2. The van der Waals surface area contributed by atoms with Crippen molar-refractivity contribution in [3.05, 3.63) is 104 Å². The number of methoxy groups -OCH3 is 2. The second-order valence-electron chi connectivity index (χ2n) is 7.82. The first-order valence-corrected chi connectivity index (χ1v) is 10.8. The number of amides is 1. The molecular weight excluding hydrogens is 477 g/mol. The number of esters is 1. The molecule has 0 aliphatic carbocycles. The first-order valence-electron chi connectivity index (χ1n) is 10.5. The van der Waals surface area contributed by atoms with E-state index in [-0.39, 0.29) is 27.3 Å². The van der Waals surface area contributed by atoms with Crippen molar-refractivity contribution in [2.45, 2.75) is 6.04 Å². The topological polar surface area (TPSA) is 86.0 Å². The summed E-state index contributed by atoms with van der Waals surface area (Å²) in [6, 6.07) is 13.7. The lowest BCUT2D eigenvalue weighted by Crippen LogP contribution is -2.29. The zero-order chi connectivity index (χ0) is 24.9. The van der Waals surface area contributed by atoms with Crippen LogP contribution in [0.15, 0.2) is 69.9 Å². The maximum absolute atomic E-state index is 13.9. The fraction of sp³-hybridized carbons (Fsp3) is 0.115. The van der Waals surface area contributed by atoms with Gasteiger partial charge in [-0.15, -0.1) is 0 Å². The maximum atomic E-state index is 13.9. The van der Waals surface area contributed by atoms with Crippen LogP contribution < -0.4 is 15.1 Å². The van der Waals surface area contributed by atoms with E-state index < -0.39 is 29.2 Å². The number of halogens is 2. The van der Waals surface area contributed by atoms with E-state index in [2.05, 4.69) is 0 Å². The molecule has 0 radical (unpaired) electrons. The summed E-state index contributed by atoms with van der Waals surface area (Å²) >= 11 is 6.33. The minimum Gasteiger partial charge on any atom is -0.495 e. The Balaban J connectivity index is 1.76. The number of anilines is 1. The lowest BCUT2D eigenvalue weighted by Gasteiger charge is -2.25. The third-order valence-electron chi connectivity index (χ3n) is 5.89. The quantitative estimate of drug-likeness (QED) is 0.366. The highest BCUT2D eigenvalue weighted by Crippen LogP contribution is 2.43. The number of benzene rings is 3. The number of fused-ring (bicyclic) bond motifs is 2. The molecule has 1 aliphatic heterocycles. The van der Waals surface area contributed by atoms with Gasteiger partial charge in [0.15, 0.2) is 5.43 Å². The molecule has 0 spiro atoms. The normalized spacial score (nSPS) is 14.8. The Morgan fingerprint density at radius 3 is 2.43 bits per heavy atom. The molecule has 176 valence electrons. The lowest BCUT2D eigenvalue weighted by molar-refractivity contribution is 0.0600. The van der Waals surface area contributed by atoms with Crippen molar-refractivity contribution in [1.82, 2.24) is 0 Å². The number of carbonyl (C=O) groups excluding carboxylic acids is 2. The fourth-order valence-corrected chi connectivity index (χ4v) is 4.50. The summed E-state index contributed by atoms with van der Waals surface area (Å²) < 4.78 is 29.7. The van der Waals surface area contributed by atoms with Gasteiger partial charge in [-0.1, -0.05) is 23.7 Å². The molecule has 0 N–H and O–H groups in total. The largest absolute Gasteiger partial charge is 0.495 e. The molecule has 7 nitrogen and oxygen atoms in total. The monoisotopic (exact) mass is 493 g/mol. The molecule has 1 aromatic heterocycles. The van der Waals surface area contributed by atoms with E-state index in [0.717, 1.165) is 12.1 Å². The van der Waals surface area contributed by atoms with Gasteiger partial charge in [0.25, 0.3) is 5.91 Å². The molecule has 2 heterocycles. The van der Waals surface area contributed by atoms with Gasteiger partial charge in [-0.2, -0.15) is 0 Å². The number of rotatable bonds is 4. The highest BCUT2D eigenvalue weighted by molar-refractivity contribution is 6.32. The Hall–Kier alpha value is -4.17. The molecule has 1 unspecified atom stereocenters. The highest BCUT2D eigenvalue weighted by Gasteiger charge is 2.44. The summed E-state index contributed by atoms with van der Waals surface area (Å²) in [5, 5.41) is 0.280. The van der Waals surface area contributed by atoms with Crippen molar-refractivity contribution in [2.24, 2.45) is 0 Å². The van der Waals surface area contributed by atoms with Crippen molar-refractivity contribution < 1.29 is 27.9 Å². The summed E-state index contributed by atoms with van der Waals surface area (Å²) in [5.41, 5.74) is 0.845. The summed E-state index contributed by atoms with van der Waals surface area (Å²) in [6.45, 7) is 0. The predicted octanol–water partition coefficient (Wildman–Crippen LogP) is 5.13. The van der Waals surface area contributed by atoms with E-state index in [4.69, 9.17) is 25.5 Å². The predicted molar refractivity (Wildman–Crippen MR) is 127 cm³/mol. The average molecular weight is 494 g/mol. The molecule has 35 heavy (non-hydrogen) atoms. The van der Waals surface area contributed by atoms with Crippen molar-refractivity contribution in [1.29, 1.82) is 0 Å². The molecule has 0 saturated heterocycles. The second-order valence-corrected chi connectivity index (χ2v) is 8.23. The van der Waals surface area contributed by atoms with E-state index in [0.29, 0.717) is 22.6 Å². The highest BCUT2D eigenvalue weighted by atomic mass is 35.5. The van der Waals surface area contributed by atoms with E-state index in [1.807, 2.05) is 0 Å². The van der Waals surface area contributed by atoms with Crippen LogP contribution in [-0.2, 0) is 4.74 Å². The SMILES string of the molecule is COC(=O)c1ccc(C2c3c(oc4ccc(F)cc4c3=O)C(=O)N2c2ccc(OC)c(Cl)c2)cc1. The molecule has 1 amide bonds. The number of hydrogen-bond acceptors (Lipinski definition) is 6. The van der Waals surface area contributed by atoms with Crippen LogP contribution in [0.5, 0.6) is 5.75 Å². The molecule has 0 fully saturated rings. The first kappa shape index (κ1) is 22.6. The van der Waals surface area contributed by atoms with Gasteiger partial charge in [-0.3, -0.25) is 14.5 Å². The zero-order valence-electron chi connectivity index (χ0n) is 18.5. The van der Waals surface area contributed by atoms with Gasteiger partial charge in [0.2, 0.25) is 5.76 Å². The fourth-order valence-electron chi connectivity index (χ4n) is 4.25.